The zero-order chi connectivity index (χ0) is 20.2. The molecule has 0 aliphatic heterocycles. The number of esters is 1. The normalized spacial score (nSPS) is 11.7. The Morgan fingerprint density at radius 1 is 0.741 bits per heavy atom. The zero-order valence-corrected chi connectivity index (χ0v) is 17.7. The fourth-order valence-electron chi connectivity index (χ4n) is 3.26. The molecule has 0 amide bonds. The first-order valence-electron chi connectivity index (χ1n) is 11.4. The Kier molecular flexibility index (Phi) is 18.3. The SMILES string of the molecule is CCCCCCCCCCCCCCCCCC(=O)OC(O)(O)CCCN. The van der Waals surface area contributed by atoms with Gasteiger partial charge in [-0.2, -0.15) is 0 Å². The molecule has 0 saturated carbocycles. The van der Waals surface area contributed by atoms with E-state index in [1.807, 2.05) is 0 Å². The van der Waals surface area contributed by atoms with Crippen LogP contribution in [0.3, 0.4) is 0 Å². The summed E-state index contributed by atoms with van der Waals surface area (Å²) in [7, 11) is 0. The van der Waals surface area contributed by atoms with Gasteiger partial charge in [0.25, 0.3) is 0 Å². The van der Waals surface area contributed by atoms with Gasteiger partial charge in [0.2, 0.25) is 0 Å². The molecule has 0 bridgehead atoms. The second-order valence-electron chi connectivity index (χ2n) is 7.81. The van der Waals surface area contributed by atoms with Crippen LogP contribution >= 0.6 is 0 Å². The highest BCUT2D eigenvalue weighted by Gasteiger charge is 2.27. The molecule has 0 heterocycles. The van der Waals surface area contributed by atoms with Crippen LogP contribution in [0.25, 0.3) is 0 Å². The van der Waals surface area contributed by atoms with Crippen LogP contribution in [-0.2, 0) is 9.53 Å². The third kappa shape index (κ3) is 19.9. The minimum atomic E-state index is -2.37. The molecule has 0 rings (SSSR count). The topological polar surface area (TPSA) is 92.8 Å². The highest BCUT2D eigenvalue weighted by atomic mass is 16.8. The van der Waals surface area contributed by atoms with E-state index in [9.17, 15) is 15.0 Å². The molecule has 0 fully saturated rings. The van der Waals surface area contributed by atoms with Crippen LogP contribution < -0.4 is 5.73 Å². The molecule has 5 heteroatoms. The van der Waals surface area contributed by atoms with E-state index in [1.165, 1.54) is 77.0 Å². The Morgan fingerprint density at radius 3 is 1.56 bits per heavy atom. The van der Waals surface area contributed by atoms with Gasteiger partial charge in [0, 0.05) is 12.8 Å². The number of rotatable bonds is 20. The highest BCUT2D eigenvalue weighted by Crippen LogP contribution is 2.15. The first kappa shape index (κ1) is 26.4. The van der Waals surface area contributed by atoms with Crippen molar-refractivity contribution >= 4 is 5.97 Å². The van der Waals surface area contributed by atoms with Crippen molar-refractivity contribution in [2.45, 2.75) is 128 Å². The van der Waals surface area contributed by atoms with Crippen molar-refractivity contribution in [2.24, 2.45) is 5.73 Å². The van der Waals surface area contributed by atoms with Crippen molar-refractivity contribution in [3.63, 3.8) is 0 Å². The summed E-state index contributed by atoms with van der Waals surface area (Å²) < 4.78 is 4.68. The van der Waals surface area contributed by atoms with Crippen LogP contribution in [0.5, 0.6) is 0 Å². The summed E-state index contributed by atoms with van der Waals surface area (Å²) in [5, 5.41) is 19.0. The zero-order valence-electron chi connectivity index (χ0n) is 17.7. The molecule has 0 aromatic heterocycles. The van der Waals surface area contributed by atoms with Crippen LogP contribution in [0.4, 0.5) is 0 Å². The molecule has 0 atom stereocenters. The lowest BCUT2D eigenvalue weighted by molar-refractivity contribution is -0.322. The Bertz CT molecular complexity index is 334. The first-order valence-corrected chi connectivity index (χ1v) is 11.4. The molecule has 0 saturated heterocycles. The van der Waals surface area contributed by atoms with E-state index in [-0.39, 0.29) is 12.8 Å². The molecular weight excluding hydrogens is 342 g/mol. The van der Waals surface area contributed by atoms with Crippen LogP contribution in [0.2, 0.25) is 0 Å². The average Bonchev–Trinajstić information content (AvgIpc) is 2.63. The van der Waals surface area contributed by atoms with Crippen LogP contribution in [0.1, 0.15) is 122 Å². The molecule has 0 aliphatic rings. The predicted octanol–water partition coefficient (Wildman–Crippen LogP) is 5.17. The molecular formula is C22H45NO4. The smallest absolute Gasteiger partial charge is 0.324 e. The minimum absolute atomic E-state index is 0.0475. The van der Waals surface area contributed by atoms with Gasteiger partial charge in [-0.1, -0.05) is 96.8 Å². The Hall–Kier alpha value is -0.650. The Balaban J connectivity index is 3.29. The van der Waals surface area contributed by atoms with Gasteiger partial charge in [-0.25, -0.2) is 0 Å². The first-order chi connectivity index (χ1) is 13.0. The maximum Gasteiger partial charge on any atom is 0.324 e. The third-order valence-electron chi connectivity index (χ3n) is 4.97. The monoisotopic (exact) mass is 387 g/mol. The van der Waals surface area contributed by atoms with Crippen LogP contribution in [0, 0.1) is 0 Å². The summed E-state index contributed by atoms with van der Waals surface area (Å²) in [6.07, 6.45) is 19.7. The quantitative estimate of drug-likeness (QED) is 0.152. The number of carbonyl (C=O) groups is 1. The molecule has 4 N–H and O–H groups in total. The number of ether oxygens (including phenoxy) is 1. The van der Waals surface area contributed by atoms with Crippen molar-refractivity contribution in [1.29, 1.82) is 0 Å². The lowest BCUT2D eigenvalue weighted by Crippen LogP contribution is -2.35. The number of carbonyl (C=O) groups excluding carboxylic acids is 1. The van der Waals surface area contributed by atoms with Gasteiger partial charge in [-0.3, -0.25) is 4.79 Å². The second kappa shape index (κ2) is 18.7. The van der Waals surface area contributed by atoms with Gasteiger partial charge >= 0.3 is 11.9 Å². The van der Waals surface area contributed by atoms with Crippen molar-refractivity contribution in [2.75, 3.05) is 6.54 Å². The molecule has 5 nitrogen and oxygen atoms in total. The summed E-state index contributed by atoms with van der Waals surface area (Å²) in [4.78, 5) is 11.6. The standard InChI is InChI=1S/C22H45NO4/c1-2-3-4-5-6-7-8-9-10-11-12-13-14-15-16-18-21(24)27-22(25,26)19-17-20-23/h25-26H,2-20,23H2,1H3. The predicted molar refractivity (Wildman–Crippen MR) is 111 cm³/mol. The number of hydrogen-bond donors (Lipinski definition) is 3. The fraction of sp³-hybridized carbons (Fsp3) is 0.955. The largest absolute Gasteiger partial charge is 0.408 e. The number of aliphatic hydroxyl groups is 2. The Morgan fingerprint density at radius 2 is 1.15 bits per heavy atom. The molecule has 0 radical (unpaired) electrons. The van der Waals surface area contributed by atoms with Crippen molar-refractivity contribution in [1.82, 2.24) is 0 Å². The van der Waals surface area contributed by atoms with E-state index in [0.717, 1.165) is 19.3 Å². The van der Waals surface area contributed by atoms with E-state index in [0.29, 0.717) is 13.0 Å². The summed E-state index contributed by atoms with van der Waals surface area (Å²) in [6, 6.07) is 0. The van der Waals surface area contributed by atoms with Gasteiger partial charge < -0.3 is 20.7 Å². The minimum Gasteiger partial charge on any atom is -0.408 e. The number of nitrogens with two attached hydrogens (primary N) is 1. The summed E-state index contributed by atoms with van der Waals surface area (Å²) in [5.41, 5.74) is 5.30. The van der Waals surface area contributed by atoms with E-state index >= 15 is 0 Å². The van der Waals surface area contributed by atoms with Gasteiger partial charge in [0.1, 0.15) is 0 Å². The summed E-state index contributed by atoms with van der Waals surface area (Å²) >= 11 is 0. The van der Waals surface area contributed by atoms with Gasteiger partial charge in [0.05, 0.1) is 0 Å². The maximum absolute atomic E-state index is 11.6. The lowest BCUT2D eigenvalue weighted by Gasteiger charge is -2.21. The van der Waals surface area contributed by atoms with E-state index in [4.69, 9.17) is 5.73 Å². The third-order valence-corrected chi connectivity index (χ3v) is 4.97. The molecule has 0 aromatic carbocycles. The van der Waals surface area contributed by atoms with E-state index in [2.05, 4.69) is 11.7 Å². The average molecular weight is 388 g/mol. The van der Waals surface area contributed by atoms with Gasteiger partial charge in [-0.15, -0.1) is 0 Å². The van der Waals surface area contributed by atoms with E-state index in [1.54, 1.807) is 0 Å². The second-order valence-corrected chi connectivity index (χ2v) is 7.81. The Labute approximate surface area is 167 Å². The summed E-state index contributed by atoms with van der Waals surface area (Å²) in [5.74, 6) is -2.92. The summed E-state index contributed by atoms with van der Waals surface area (Å²) in [6.45, 7) is 2.59. The molecule has 0 unspecified atom stereocenters. The number of unbranched alkanes of at least 4 members (excludes halogenated alkanes) is 14. The molecule has 0 aromatic rings. The fourth-order valence-corrected chi connectivity index (χ4v) is 3.26. The molecule has 0 spiro atoms. The van der Waals surface area contributed by atoms with Crippen molar-refractivity contribution < 1.29 is 19.7 Å². The van der Waals surface area contributed by atoms with Gasteiger partial charge in [-0.05, 0) is 19.4 Å². The molecule has 0 aliphatic carbocycles. The van der Waals surface area contributed by atoms with Crippen molar-refractivity contribution in [3.05, 3.63) is 0 Å². The van der Waals surface area contributed by atoms with Crippen LogP contribution in [0.15, 0.2) is 0 Å². The molecule has 162 valence electrons. The van der Waals surface area contributed by atoms with Crippen molar-refractivity contribution in [3.8, 4) is 0 Å². The number of hydrogen-bond acceptors (Lipinski definition) is 5. The lowest BCUT2D eigenvalue weighted by atomic mass is 10.0. The molecule has 27 heavy (non-hydrogen) atoms. The maximum atomic E-state index is 11.6. The van der Waals surface area contributed by atoms with E-state index < -0.39 is 11.9 Å². The highest BCUT2D eigenvalue weighted by molar-refractivity contribution is 5.69. The van der Waals surface area contributed by atoms with Crippen LogP contribution in [-0.4, -0.2) is 28.7 Å². The van der Waals surface area contributed by atoms with Gasteiger partial charge in [0.15, 0.2) is 0 Å².